The summed E-state index contributed by atoms with van der Waals surface area (Å²) in [4.78, 5) is 0. The Morgan fingerprint density at radius 2 is 1.79 bits per heavy atom. The van der Waals surface area contributed by atoms with Gasteiger partial charge in [0.15, 0.2) is 6.29 Å². The highest BCUT2D eigenvalue weighted by atomic mass is 16.7. The van der Waals surface area contributed by atoms with Gasteiger partial charge in [-0.3, -0.25) is 0 Å². The van der Waals surface area contributed by atoms with E-state index in [1.165, 1.54) is 14.2 Å². The minimum absolute atomic E-state index is 0.354. The summed E-state index contributed by atoms with van der Waals surface area (Å²) < 4.78 is 14.8. The molecular formula is C8H16O6. The topological polar surface area (TPSA) is 88.4 Å². The molecule has 0 unspecified atom stereocenters. The van der Waals surface area contributed by atoms with Crippen molar-refractivity contribution in [1.82, 2.24) is 0 Å². The van der Waals surface area contributed by atoms with Gasteiger partial charge in [-0.1, -0.05) is 0 Å². The monoisotopic (exact) mass is 208 g/mol. The van der Waals surface area contributed by atoms with Crippen LogP contribution in [-0.4, -0.2) is 66.9 Å². The van der Waals surface area contributed by atoms with Crippen molar-refractivity contribution in [2.75, 3.05) is 20.8 Å². The third kappa shape index (κ3) is 2.05. The quantitative estimate of drug-likeness (QED) is 0.501. The van der Waals surface area contributed by atoms with Gasteiger partial charge in [-0.25, -0.2) is 0 Å². The lowest BCUT2D eigenvalue weighted by atomic mass is 9.99. The lowest BCUT2D eigenvalue weighted by molar-refractivity contribution is -0.298. The Hall–Kier alpha value is -0.240. The minimum atomic E-state index is -1.07. The fourth-order valence-corrected chi connectivity index (χ4v) is 1.53. The highest BCUT2D eigenvalue weighted by molar-refractivity contribution is 4.89. The Kier molecular flexibility index (Phi) is 4.24. The predicted molar refractivity (Wildman–Crippen MR) is 45.6 cm³/mol. The number of ether oxygens (including phenoxy) is 3. The van der Waals surface area contributed by atoms with Gasteiger partial charge < -0.3 is 29.5 Å². The molecule has 0 aromatic carbocycles. The maximum absolute atomic E-state index is 9.60. The van der Waals surface area contributed by atoms with Crippen LogP contribution in [0, 0.1) is 0 Å². The SMILES string of the molecule is CO[C@H]1O[C@H](CO)[C@@H](O)[C@H](OC)[C@@H]1O. The molecule has 1 saturated heterocycles. The molecule has 3 N–H and O–H groups in total. The summed E-state index contributed by atoms with van der Waals surface area (Å²) in [7, 11) is 2.73. The van der Waals surface area contributed by atoms with Crippen LogP contribution in [-0.2, 0) is 14.2 Å². The van der Waals surface area contributed by atoms with Crippen LogP contribution >= 0.6 is 0 Å². The molecule has 84 valence electrons. The smallest absolute Gasteiger partial charge is 0.186 e. The molecule has 14 heavy (non-hydrogen) atoms. The largest absolute Gasteiger partial charge is 0.394 e. The Bertz CT molecular complexity index is 159. The third-order valence-corrected chi connectivity index (χ3v) is 2.33. The van der Waals surface area contributed by atoms with Crippen LogP contribution in [0.1, 0.15) is 0 Å². The van der Waals surface area contributed by atoms with Gasteiger partial charge in [0.05, 0.1) is 6.61 Å². The number of aliphatic hydroxyl groups is 3. The number of methoxy groups -OCH3 is 2. The van der Waals surface area contributed by atoms with Crippen LogP contribution in [0.3, 0.4) is 0 Å². The first kappa shape index (κ1) is 11.8. The van der Waals surface area contributed by atoms with Crippen molar-refractivity contribution in [1.29, 1.82) is 0 Å². The molecule has 0 aliphatic carbocycles. The molecule has 0 aromatic rings. The average molecular weight is 208 g/mol. The highest BCUT2D eigenvalue weighted by Crippen LogP contribution is 2.23. The van der Waals surface area contributed by atoms with E-state index in [2.05, 4.69) is 0 Å². The van der Waals surface area contributed by atoms with Crippen molar-refractivity contribution in [3.8, 4) is 0 Å². The predicted octanol–water partition coefficient (Wildman–Crippen LogP) is -1.91. The lowest BCUT2D eigenvalue weighted by Gasteiger charge is -2.40. The van der Waals surface area contributed by atoms with E-state index in [1.54, 1.807) is 0 Å². The summed E-state index contributed by atoms with van der Waals surface area (Å²) in [6.07, 6.45) is -4.63. The second kappa shape index (κ2) is 5.01. The van der Waals surface area contributed by atoms with Gasteiger partial charge in [-0.15, -0.1) is 0 Å². The number of hydrogen-bond donors (Lipinski definition) is 3. The van der Waals surface area contributed by atoms with Gasteiger partial charge in [0.25, 0.3) is 0 Å². The van der Waals surface area contributed by atoms with E-state index in [-0.39, 0.29) is 6.61 Å². The maximum atomic E-state index is 9.60. The molecule has 1 aliphatic rings. The van der Waals surface area contributed by atoms with Crippen LogP contribution in [0.2, 0.25) is 0 Å². The van der Waals surface area contributed by atoms with Crippen LogP contribution in [0.5, 0.6) is 0 Å². The van der Waals surface area contributed by atoms with Gasteiger partial charge in [0, 0.05) is 14.2 Å². The van der Waals surface area contributed by atoms with Gasteiger partial charge >= 0.3 is 0 Å². The lowest BCUT2D eigenvalue weighted by Crippen LogP contribution is -2.59. The molecule has 5 atom stereocenters. The van der Waals surface area contributed by atoms with Crippen molar-refractivity contribution >= 4 is 0 Å². The van der Waals surface area contributed by atoms with E-state index in [1.807, 2.05) is 0 Å². The molecule has 1 rings (SSSR count). The normalized spacial score (nSPS) is 43.9. The van der Waals surface area contributed by atoms with E-state index in [0.29, 0.717) is 0 Å². The fourth-order valence-electron chi connectivity index (χ4n) is 1.53. The first-order chi connectivity index (χ1) is 6.65. The summed E-state index contributed by atoms with van der Waals surface area (Å²) >= 11 is 0. The first-order valence-corrected chi connectivity index (χ1v) is 4.33. The van der Waals surface area contributed by atoms with Crippen molar-refractivity contribution in [2.24, 2.45) is 0 Å². The molecule has 0 amide bonds. The molecule has 0 aromatic heterocycles. The molecular weight excluding hydrogens is 192 g/mol. The molecule has 1 fully saturated rings. The fraction of sp³-hybridized carbons (Fsp3) is 1.00. The maximum Gasteiger partial charge on any atom is 0.186 e. The van der Waals surface area contributed by atoms with Crippen molar-refractivity contribution in [3.05, 3.63) is 0 Å². The van der Waals surface area contributed by atoms with Gasteiger partial charge in [-0.05, 0) is 0 Å². The van der Waals surface area contributed by atoms with Crippen molar-refractivity contribution in [2.45, 2.75) is 30.7 Å². The molecule has 0 spiro atoms. The molecule has 6 nitrogen and oxygen atoms in total. The summed E-state index contributed by atoms with van der Waals surface area (Å²) in [5.74, 6) is 0. The molecule has 0 saturated carbocycles. The molecule has 1 aliphatic heterocycles. The summed E-state index contributed by atoms with van der Waals surface area (Å²) in [5, 5.41) is 28.1. The zero-order valence-corrected chi connectivity index (χ0v) is 8.16. The Labute approximate surface area is 82.0 Å². The Morgan fingerprint density at radius 3 is 2.21 bits per heavy atom. The third-order valence-electron chi connectivity index (χ3n) is 2.33. The average Bonchev–Trinajstić information content (AvgIpc) is 2.19. The summed E-state index contributed by atoms with van der Waals surface area (Å²) in [5.41, 5.74) is 0. The van der Waals surface area contributed by atoms with Gasteiger partial charge in [0.2, 0.25) is 0 Å². The standard InChI is InChI=1S/C8H16O6/c1-12-7-5(10)4(3-9)14-8(13-2)6(7)11/h4-11H,3H2,1-2H3/t4-,5-,6+,7+,8+/m1/s1. The van der Waals surface area contributed by atoms with Crippen molar-refractivity contribution in [3.63, 3.8) is 0 Å². The van der Waals surface area contributed by atoms with Crippen molar-refractivity contribution < 1.29 is 29.5 Å². The Balaban J connectivity index is 2.72. The zero-order chi connectivity index (χ0) is 10.7. The summed E-state index contributed by atoms with van der Waals surface area (Å²) in [6.45, 7) is -0.354. The van der Waals surface area contributed by atoms with E-state index in [4.69, 9.17) is 19.3 Å². The van der Waals surface area contributed by atoms with E-state index in [9.17, 15) is 10.2 Å². The number of rotatable bonds is 3. The van der Waals surface area contributed by atoms with E-state index in [0.717, 1.165) is 0 Å². The molecule has 0 radical (unpaired) electrons. The van der Waals surface area contributed by atoms with E-state index < -0.39 is 30.7 Å². The zero-order valence-electron chi connectivity index (χ0n) is 8.16. The number of hydrogen-bond acceptors (Lipinski definition) is 6. The Morgan fingerprint density at radius 1 is 1.14 bits per heavy atom. The van der Waals surface area contributed by atoms with Gasteiger partial charge in [0.1, 0.15) is 24.4 Å². The van der Waals surface area contributed by atoms with E-state index >= 15 is 0 Å². The van der Waals surface area contributed by atoms with Crippen LogP contribution in [0.4, 0.5) is 0 Å². The molecule has 0 bridgehead atoms. The minimum Gasteiger partial charge on any atom is -0.394 e. The van der Waals surface area contributed by atoms with Crippen LogP contribution < -0.4 is 0 Å². The van der Waals surface area contributed by atoms with Crippen LogP contribution in [0.15, 0.2) is 0 Å². The summed E-state index contributed by atoms with van der Waals surface area (Å²) in [6, 6.07) is 0. The second-order valence-electron chi connectivity index (χ2n) is 3.14. The molecule has 6 heteroatoms. The van der Waals surface area contributed by atoms with Gasteiger partial charge in [-0.2, -0.15) is 0 Å². The van der Waals surface area contributed by atoms with Crippen LogP contribution in [0.25, 0.3) is 0 Å². The number of aliphatic hydroxyl groups excluding tert-OH is 3. The second-order valence-corrected chi connectivity index (χ2v) is 3.14. The highest BCUT2D eigenvalue weighted by Gasteiger charge is 2.44. The molecule has 1 heterocycles. The first-order valence-electron chi connectivity index (χ1n) is 4.33.